The van der Waals surface area contributed by atoms with E-state index < -0.39 is 12.7 Å². The molecule has 3 aromatic rings. The summed E-state index contributed by atoms with van der Waals surface area (Å²) in [4.78, 5) is 13.0. The summed E-state index contributed by atoms with van der Waals surface area (Å²) in [5, 5.41) is 14.0. The van der Waals surface area contributed by atoms with Gasteiger partial charge >= 0.3 is 6.18 Å². The number of likely N-dealkylation sites (tertiary alicyclic amines) is 1. The monoisotopic (exact) mass is 432 g/mol. The van der Waals surface area contributed by atoms with Gasteiger partial charge in [0, 0.05) is 37.8 Å². The maximum Gasteiger partial charge on any atom is 0.408 e. The highest BCUT2D eigenvalue weighted by Gasteiger charge is 2.44. The highest BCUT2D eigenvalue weighted by molar-refractivity contribution is 5.86. The molecule has 0 saturated carbocycles. The number of nitrogens with zero attached hydrogens (tertiary/aromatic N) is 6. The van der Waals surface area contributed by atoms with Crippen LogP contribution < -0.4 is 4.90 Å². The summed E-state index contributed by atoms with van der Waals surface area (Å²) in [6, 6.07) is 7.30. The minimum Gasteiger partial charge on any atom is -0.508 e. The third-order valence-corrected chi connectivity index (χ3v) is 6.28. The van der Waals surface area contributed by atoms with Gasteiger partial charge in [-0.2, -0.15) is 18.3 Å². The predicted octanol–water partition coefficient (Wildman–Crippen LogP) is 3.20. The first-order chi connectivity index (χ1) is 14.8. The third kappa shape index (κ3) is 4.16. The molecule has 2 saturated heterocycles. The molecule has 10 heteroatoms. The first kappa shape index (κ1) is 20.0. The van der Waals surface area contributed by atoms with Crippen LogP contribution in [0, 0.1) is 5.41 Å². The van der Waals surface area contributed by atoms with Crippen LogP contribution in [0.5, 0.6) is 5.75 Å². The Morgan fingerprint density at radius 1 is 1.03 bits per heavy atom. The van der Waals surface area contributed by atoms with Gasteiger partial charge < -0.3 is 10.0 Å². The summed E-state index contributed by atoms with van der Waals surface area (Å²) in [6.07, 6.45) is 0.525. The molecule has 7 nitrogen and oxygen atoms in total. The van der Waals surface area contributed by atoms with Gasteiger partial charge in [0.15, 0.2) is 5.65 Å². The molecule has 2 aromatic heterocycles. The topological polar surface area (TPSA) is 70.3 Å². The molecule has 0 radical (unpaired) electrons. The number of alkyl halides is 3. The summed E-state index contributed by atoms with van der Waals surface area (Å²) >= 11 is 0. The normalized spacial score (nSPS) is 22.2. The second-order valence-corrected chi connectivity index (χ2v) is 8.68. The second-order valence-electron chi connectivity index (χ2n) is 8.68. The maximum atomic E-state index is 12.8. The Balaban J connectivity index is 1.30. The summed E-state index contributed by atoms with van der Waals surface area (Å²) < 4.78 is 39.2. The average Bonchev–Trinajstić information content (AvgIpc) is 3.41. The van der Waals surface area contributed by atoms with Gasteiger partial charge in [0.2, 0.25) is 0 Å². The minimum absolute atomic E-state index is 0.149. The molecule has 1 aromatic carbocycles. The van der Waals surface area contributed by atoms with Crippen molar-refractivity contribution < 1.29 is 18.3 Å². The standard InChI is InChI=1S/C21H23F3N6O/c22-21(23,24)13-30-10-17-18(27-30)25-14-26-19(17)29-8-6-20(12-29)5-7-28(11-20)9-15-1-3-16(31)4-2-15/h1-4,10,14,31H,5-9,11-13H2. The number of fused-ring (bicyclic) bond motifs is 1. The molecule has 4 heterocycles. The lowest BCUT2D eigenvalue weighted by Gasteiger charge is -2.25. The van der Waals surface area contributed by atoms with Crippen LogP contribution in [0.1, 0.15) is 18.4 Å². The fourth-order valence-electron chi connectivity index (χ4n) is 4.86. The molecule has 5 rings (SSSR count). The number of hydrogen-bond donors (Lipinski definition) is 1. The molecule has 31 heavy (non-hydrogen) atoms. The summed E-state index contributed by atoms with van der Waals surface area (Å²) in [6.45, 7) is 3.28. The van der Waals surface area contributed by atoms with E-state index in [4.69, 9.17) is 0 Å². The van der Waals surface area contributed by atoms with Crippen LogP contribution in [-0.4, -0.2) is 62.1 Å². The van der Waals surface area contributed by atoms with Gasteiger partial charge in [0.05, 0.1) is 5.39 Å². The smallest absolute Gasteiger partial charge is 0.408 e. The van der Waals surface area contributed by atoms with Crippen molar-refractivity contribution in [3.05, 3.63) is 42.4 Å². The number of anilines is 1. The van der Waals surface area contributed by atoms with E-state index in [1.54, 1.807) is 12.1 Å². The third-order valence-electron chi connectivity index (χ3n) is 6.28. The van der Waals surface area contributed by atoms with Crippen molar-refractivity contribution in [1.82, 2.24) is 24.6 Å². The molecule has 2 aliphatic heterocycles. The maximum absolute atomic E-state index is 12.8. The van der Waals surface area contributed by atoms with Gasteiger partial charge in [-0.25, -0.2) is 9.97 Å². The first-order valence-corrected chi connectivity index (χ1v) is 10.3. The van der Waals surface area contributed by atoms with Crippen LogP contribution in [0.15, 0.2) is 36.8 Å². The lowest BCUT2D eigenvalue weighted by molar-refractivity contribution is -0.142. The van der Waals surface area contributed by atoms with Gasteiger partial charge in [-0.15, -0.1) is 0 Å². The minimum atomic E-state index is -4.34. The molecular weight excluding hydrogens is 409 g/mol. The van der Waals surface area contributed by atoms with Crippen molar-refractivity contribution in [2.45, 2.75) is 32.1 Å². The Morgan fingerprint density at radius 3 is 2.58 bits per heavy atom. The van der Waals surface area contributed by atoms with Gasteiger partial charge in [-0.05, 0) is 37.1 Å². The van der Waals surface area contributed by atoms with Crippen LogP contribution in [0.2, 0.25) is 0 Å². The second kappa shape index (κ2) is 7.37. The van der Waals surface area contributed by atoms with Gasteiger partial charge in [-0.1, -0.05) is 12.1 Å². The Hall–Kier alpha value is -2.88. The van der Waals surface area contributed by atoms with Gasteiger partial charge in [0.1, 0.15) is 24.4 Å². The van der Waals surface area contributed by atoms with E-state index in [2.05, 4.69) is 24.9 Å². The summed E-state index contributed by atoms with van der Waals surface area (Å²) in [5.41, 5.74) is 1.60. The number of aromatic nitrogens is 4. The zero-order chi connectivity index (χ0) is 21.6. The number of hydrogen-bond acceptors (Lipinski definition) is 6. The van der Waals surface area contributed by atoms with Crippen LogP contribution in [0.4, 0.5) is 19.0 Å². The van der Waals surface area contributed by atoms with Crippen molar-refractivity contribution in [1.29, 1.82) is 0 Å². The molecular formula is C21H23F3N6O. The fraction of sp³-hybridized carbons (Fsp3) is 0.476. The molecule has 0 amide bonds. The molecule has 2 aliphatic rings. The quantitative estimate of drug-likeness (QED) is 0.683. The molecule has 164 valence electrons. The number of benzene rings is 1. The Bertz CT molecular complexity index is 1080. The van der Waals surface area contributed by atoms with Crippen LogP contribution in [0.25, 0.3) is 11.0 Å². The number of halogens is 3. The molecule has 2 fully saturated rings. The van der Waals surface area contributed by atoms with E-state index in [0.29, 0.717) is 11.2 Å². The Kier molecular flexibility index (Phi) is 4.76. The molecule has 1 spiro atoms. The van der Waals surface area contributed by atoms with Crippen LogP contribution >= 0.6 is 0 Å². The van der Waals surface area contributed by atoms with E-state index >= 15 is 0 Å². The van der Waals surface area contributed by atoms with E-state index in [-0.39, 0.29) is 16.8 Å². The molecule has 1 unspecified atom stereocenters. The van der Waals surface area contributed by atoms with Gasteiger partial charge in [-0.3, -0.25) is 9.58 Å². The molecule has 1 atom stereocenters. The van der Waals surface area contributed by atoms with Crippen molar-refractivity contribution in [2.24, 2.45) is 5.41 Å². The Labute approximate surface area is 177 Å². The predicted molar refractivity (Wildman–Crippen MR) is 109 cm³/mol. The number of aromatic hydroxyl groups is 1. The van der Waals surface area contributed by atoms with E-state index in [1.807, 2.05) is 12.1 Å². The molecule has 1 N–H and O–H groups in total. The average molecular weight is 432 g/mol. The van der Waals surface area contributed by atoms with E-state index in [0.717, 1.165) is 50.2 Å². The zero-order valence-electron chi connectivity index (χ0n) is 16.9. The lowest BCUT2D eigenvalue weighted by atomic mass is 9.86. The zero-order valence-corrected chi connectivity index (χ0v) is 16.9. The van der Waals surface area contributed by atoms with E-state index in [1.165, 1.54) is 18.1 Å². The largest absolute Gasteiger partial charge is 0.508 e. The van der Waals surface area contributed by atoms with Crippen LogP contribution in [-0.2, 0) is 13.1 Å². The van der Waals surface area contributed by atoms with Crippen molar-refractivity contribution in [2.75, 3.05) is 31.1 Å². The number of rotatable bonds is 4. The molecule has 0 aliphatic carbocycles. The number of phenols is 1. The lowest BCUT2D eigenvalue weighted by Crippen LogP contribution is -2.31. The fourth-order valence-corrected chi connectivity index (χ4v) is 4.86. The van der Waals surface area contributed by atoms with Gasteiger partial charge in [0.25, 0.3) is 0 Å². The van der Waals surface area contributed by atoms with Crippen LogP contribution in [0.3, 0.4) is 0 Å². The highest BCUT2D eigenvalue weighted by Crippen LogP contribution is 2.42. The first-order valence-electron chi connectivity index (χ1n) is 10.3. The van der Waals surface area contributed by atoms with Crippen molar-refractivity contribution >= 4 is 16.9 Å². The summed E-state index contributed by atoms with van der Waals surface area (Å²) in [7, 11) is 0. The SMILES string of the molecule is Oc1ccc(CN2CCC3(CCN(c4ncnc5nn(CC(F)(F)F)cc45)C3)C2)cc1. The number of phenolic OH excluding ortho intramolecular Hbond substituents is 1. The van der Waals surface area contributed by atoms with Crippen molar-refractivity contribution in [3.63, 3.8) is 0 Å². The van der Waals surface area contributed by atoms with E-state index in [9.17, 15) is 18.3 Å². The van der Waals surface area contributed by atoms with Crippen molar-refractivity contribution in [3.8, 4) is 5.75 Å². The highest BCUT2D eigenvalue weighted by atomic mass is 19.4. The molecule has 0 bridgehead atoms. The summed E-state index contributed by atoms with van der Waals surface area (Å²) in [5.74, 6) is 0.926. The Morgan fingerprint density at radius 2 is 1.81 bits per heavy atom.